The number of hydrogen-bond donors (Lipinski definition) is 1. The van der Waals surface area contributed by atoms with Gasteiger partial charge in [0.2, 0.25) is 0 Å². The first kappa shape index (κ1) is 10.5. The van der Waals surface area contributed by atoms with Gasteiger partial charge in [-0.15, -0.1) is 0 Å². The van der Waals surface area contributed by atoms with Crippen molar-refractivity contribution in [3.63, 3.8) is 0 Å². The van der Waals surface area contributed by atoms with E-state index in [0.717, 1.165) is 25.1 Å². The van der Waals surface area contributed by atoms with Crippen molar-refractivity contribution in [2.24, 2.45) is 5.92 Å². The van der Waals surface area contributed by atoms with Gasteiger partial charge in [-0.2, -0.15) is 5.10 Å². The molecule has 0 aliphatic carbocycles. The van der Waals surface area contributed by atoms with Crippen LogP contribution in [0.15, 0.2) is 12.4 Å². The fraction of sp³-hybridized carbons (Fsp3) is 0.727. The summed E-state index contributed by atoms with van der Waals surface area (Å²) in [6.07, 6.45) is 6.56. The van der Waals surface area contributed by atoms with Crippen molar-refractivity contribution >= 4 is 5.69 Å². The highest BCUT2D eigenvalue weighted by molar-refractivity contribution is 5.30. The van der Waals surface area contributed by atoms with Crippen molar-refractivity contribution < 1.29 is 4.74 Å². The van der Waals surface area contributed by atoms with Gasteiger partial charge < -0.3 is 10.5 Å². The second kappa shape index (κ2) is 4.23. The zero-order valence-corrected chi connectivity index (χ0v) is 9.39. The minimum absolute atomic E-state index is 0.367. The Hall–Kier alpha value is -1.03. The van der Waals surface area contributed by atoms with Gasteiger partial charge in [-0.25, -0.2) is 0 Å². The summed E-state index contributed by atoms with van der Waals surface area (Å²) in [7, 11) is 0. The second-order valence-corrected chi connectivity index (χ2v) is 4.59. The standard InChI is InChI=1S/C11H19N3O/c1-8-3-10(4-9(2)15-8)6-14-7-11(12)5-13-14/h5,7-10H,3-4,6,12H2,1-2H3. The van der Waals surface area contributed by atoms with E-state index in [0.29, 0.717) is 18.1 Å². The molecule has 0 radical (unpaired) electrons. The van der Waals surface area contributed by atoms with E-state index >= 15 is 0 Å². The fourth-order valence-corrected chi connectivity index (χ4v) is 2.44. The number of ether oxygens (including phenoxy) is 1. The van der Waals surface area contributed by atoms with Crippen LogP contribution >= 0.6 is 0 Å². The number of nitrogens with two attached hydrogens (primary N) is 1. The number of rotatable bonds is 2. The third-order valence-corrected chi connectivity index (χ3v) is 2.89. The molecule has 4 nitrogen and oxygen atoms in total. The summed E-state index contributed by atoms with van der Waals surface area (Å²) < 4.78 is 7.64. The average molecular weight is 209 g/mol. The fourth-order valence-electron chi connectivity index (χ4n) is 2.44. The summed E-state index contributed by atoms with van der Waals surface area (Å²) in [6.45, 7) is 5.23. The van der Waals surface area contributed by atoms with Crippen LogP contribution in [0.4, 0.5) is 5.69 Å². The maximum absolute atomic E-state index is 5.70. The molecule has 2 atom stereocenters. The van der Waals surface area contributed by atoms with Crippen LogP contribution in [0, 0.1) is 5.92 Å². The van der Waals surface area contributed by atoms with Crippen LogP contribution in [-0.4, -0.2) is 22.0 Å². The molecule has 1 fully saturated rings. The van der Waals surface area contributed by atoms with Gasteiger partial charge in [0.05, 0.1) is 24.1 Å². The monoisotopic (exact) mass is 209 g/mol. The number of aromatic nitrogens is 2. The topological polar surface area (TPSA) is 53.1 Å². The molecule has 1 aliphatic rings. The van der Waals surface area contributed by atoms with E-state index in [2.05, 4.69) is 18.9 Å². The van der Waals surface area contributed by atoms with E-state index in [4.69, 9.17) is 10.5 Å². The normalized spacial score (nSPS) is 31.7. The summed E-state index contributed by atoms with van der Waals surface area (Å²) >= 11 is 0. The lowest BCUT2D eigenvalue weighted by Crippen LogP contribution is -2.31. The Balaban J connectivity index is 1.94. The molecule has 2 unspecified atom stereocenters. The molecule has 2 rings (SSSR count). The molecule has 0 amide bonds. The van der Waals surface area contributed by atoms with E-state index in [1.807, 2.05) is 10.9 Å². The molecule has 0 aromatic carbocycles. The Morgan fingerprint density at radius 1 is 1.47 bits per heavy atom. The van der Waals surface area contributed by atoms with E-state index < -0.39 is 0 Å². The van der Waals surface area contributed by atoms with E-state index in [9.17, 15) is 0 Å². The SMILES string of the molecule is CC1CC(Cn2cc(N)cn2)CC(C)O1. The van der Waals surface area contributed by atoms with Gasteiger partial charge in [-0.05, 0) is 32.6 Å². The summed E-state index contributed by atoms with van der Waals surface area (Å²) in [4.78, 5) is 0. The molecule has 0 spiro atoms. The molecular weight excluding hydrogens is 190 g/mol. The van der Waals surface area contributed by atoms with E-state index in [-0.39, 0.29) is 0 Å². The van der Waals surface area contributed by atoms with Crippen LogP contribution < -0.4 is 5.73 Å². The zero-order chi connectivity index (χ0) is 10.8. The van der Waals surface area contributed by atoms with Crippen LogP contribution in [0.3, 0.4) is 0 Å². The lowest BCUT2D eigenvalue weighted by molar-refractivity contribution is -0.0553. The summed E-state index contributed by atoms with van der Waals surface area (Å²) in [6, 6.07) is 0. The van der Waals surface area contributed by atoms with Gasteiger partial charge >= 0.3 is 0 Å². The molecular formula is C11H19N3O. The zero-order valence-electron chi connectivity index (χ0n) is 9.39. The highest BCUT2D eigenvalue weighted by atomic mass is 16.5. The molecule has 84 valence electrons. The Labute approximate surface area is 90.4 Å². The van der Waals surface area contributed by atoms with Gasteiger partial charge in [0.15, 0.2) is 0 Å². The Morgan fingerprint density at radius 2 is 2.13 bits per heavy atom. The molecule has 1 saturated heterocycles. The molecule has 1 aromatic rings. The van der Waals surface area contributed by atoms with E-state index in [1.165, 1.54) is 0 Å². The van der Waals surface area contributed by atoms with Crippen molar-refractivity contribution in [2.75, 3.05) is 5.73 Å². The van der Waals surface area contributed by atoms with Crippen molar-refractivity contribution in [2.45, 2.75) is 45.4 Å². The van der Waals surface area contributed by atoms with Crippen LogP contribution in [0.1, 0.15) is 26.7 Å². The molecule has 0 bridgehead atoms. The van der Waals surface area contributed by atoms with E-state index in [1.54, 1.807) is 6.20 Å². The highest BCUT2D eigenvalue weighted by Gasteiger charge is 2.24. The van der Waals surface area contributed by atoms with Gasteiger partial charge in [-0.1, -0.05) is 0 Å². The molecule has 1 aromatic heterocycles. The maximum atomic E-state index is 5.70. The smallest absolute Gasteiger partial charge is 0.0719 e. The molecule has 1 aliphatic heterocycles. The number of hydrogen-bond acceptors (Lipinski definition) is 3. The number of nitrogens with zero attached hydrogens (tertiary/aromatic N) is 2. The summed E-state index contributed by atoms with van der Waals surface area (Å²) in [5.74, 6) is 0.656. The molecule has 0 saturated carbocycles. The third kappa shape index (κ3) is 2.72. The van der Waals surface area contributed by atoms with Crippen molar-refractivity contribution in [3.05, 3.63) is 12.4 Å². The predicted molar refractivity (Wildman–Crippen MR) is 59.4 cm³/mol. The summed E-state index contributed by atoms with van der Waals surface area (Å²) in [5, 5.41) is 4.21. The molecule has 4 heteroatoms. The minimum atomic E-state index is 0.367. The first-order valence-electron chi connectivity index (χ1n) is 5.57. The second-order valence-electron chi connectivity index (χ2n) is 4.59. The van der Waals surface area contributed by atoms with Gasteiger partial charge in [0, 0.05) is 12.7 Å². The van der Waals surface area contributed by atoms with Crippen LogP contribution in [-0.2, 0) is 11.3 Å². The first-order valence-corrected chi connectivity index (χ1v) is 5.57. The quantitative estimate of drug-likeness (QED) is 0.806. The first-order chi connectivity index (χ1) is 7.13. The van der Waals surface area contributed by atoms with Gasteiger partial charge in [0.25, 0.3) is 0 Å². The predicted octanol–water partition coefficient (Wildman–Crippen LogP) is 1.67. The largest absolute Gasteiger partial charge is 0.396 e. The lowest BCUT2D eigenvalue weighted by atomic mass is 9.93. The van der Waals surface area contributed by atoms with Crippen molar-refractivity contribution in [1.82, 2.24) is 9.78 Å². The molecule has 2 heterocycles. The molecule has 15 heavy (non-hydrogen) atoms. The van der Waals surface area contributed by atoms with Crippen molar-refractivity contribution in [3.8, 4) is 0 Å². The Kier molecular flexibility index (Phi) is 2.95. The molecule has 2 N–H and O–H groups in total. The van der Waals surface area contributed by atoms with Crippen LogP contribution in [0.2, 0.25) is 0 Å². The summed E-state index contributed by atoms with van der Waals surface area (Å²) in [5.41, 5.74) is 6.37. The van der Waals surface area contributed by atoms with Crippen LogP contribution in [0.5, 0.6) is 0 Å². The Bertz CT molecular complexity index is 313. The lowest BCUT2D eigenvalue weighted by Gasteiger charge is -2.31. The van der Waals surface area contributed by atoms with Crippen LogP contribution in [0.25, 0.3) is 0 Å². The number of anilines is 1. The van der Waals surface area contributed by atoms with Gasteiger partial charge in [0.1, 0.15) is 0 Å². The maximum Gasteiger partial charge on any atom is 0.0719 e. The highest BCUT2D eigenvalue weighted by Crippen LogP contribution is 2.25. The Morgan fingerprint density at radius 3 is 2.67 bits per heavy atom. The average Bonchev–Trinajstić information content (AvgIpc) is 2.49. The minimum Gasteiger partial charge on any atom is -0.396 e. The number of nitrogen functional groups attached to an aromatic ring is 1. The van der Waals surface area contributed by atoms with Crippen molar-refractivity contribution in [1.29, 1.82) is 0 Å². The third-order valence-electron chi connectivity index (χ3n) is 2.89. The van der Waals surface area contributed by atoms with Gasteiger partial charge in [-0.3, -0.25) is 4.68 Å².